The highest BCUT2D eigenvalue weighted by Crippen LogP contribution is 2.27. The second kappa shape index (κ2) is 5.36. The number of ether oxygens (including phenoxy) is 1. The molecule has 1 aliphatic heterocycles. The van der Waals surface area contributed by atoms with Gasteiger partial charge < -0.3 is 15.8 Å². The molecule has 2 fully saturated rings. The van der Waals surface area contributed by atoms with Crippen LogP contribution in [-0.4, -0.2) is 31.2 Å². The number of carbonyl (C=O) groups excluding carboxylic acids is 1. The van der Waals surface area contributed by atoms with Gasteiger partial charge in [-0.2, -0.15) is 0 Å². The van der Waals surface area contributed by atoms with Gasteiger partial charge in [0.05, 0.1) is 6.61 Å². The van der Waals surface area contributed by atoms with Crippen LogP contribution in [0.3, 0.4) is 0 Å². The monoisotopic (exact) mass is 240 g/mol. The molecule has 17 heavy (non-hydrogen) atoms. The lowest BCUT2D eigenvalue weighted by Crippen LogP contribution is -2.55. The van der Waals surface area contributed by atoms with E-state index in [0.717, 1.165) is 12.5 Å². The van der Waals surface area contributed by atoms with Gasteiger partial charge in [0, 0.05) is 13.2 Å². The van der Waals surface area contributed by atoms with Gasteiger partial charge in [-0.3, -0.25) is 4.79 Å². The average Bonchev–Trinajstić information content (AvgIpc) is 2.76. The molecule has 0 radical (unpaired) electrons. The minimum Gasteiger partial charge on any atom is -0.379 e. The number of carbonyl (C=O) groups is 1. The largest absolute Gasteiger partial charge is 0.379 e. The fraction of sp³-hybridized carbons (Fsp3) is 0.923. The van der Waals surface area contributed by atoms with Crippen LogP contribution < -0.4 is 11.1 Å². The molecular weight excluding hydrogens is 216 g/mol. The van der Waals surface area contributed by atoms with E-state index in [2.05, 4.69) is 12.2 Å². The van der Waals surface area contributed by atoms with E-state index in [1.54, 1.807) is 0 Å². The van der Waals surface area contributed by atoms with Gasteiger partial charge in [-0.1, -0.05) is 19.8 Å². The Kier molecular flexibility index (Phi) is 4.05. The summed E-state index contributed by atoms with van der Waals surface area (Å²) >= 11 is 0. The summed E-state index contributed by atoms with van der Waals surface area (Å²) in [6, 6.07) is 0. The van der Waals surface area contributed by atoms with Crippen LogP contribution >= 0.6 is 0 Å². The Morgan fingerprint density at radius 3 is 2.71 bits per heavy atom. The molecule has 0 aromatic carbocycles. The van der Waals surface area contributed by atoms with Crippen LogP contribution in [0, 0.1) is 11.8 Å². The number of amides is 1. The summed E-state index contributed by atoms with van der Waals surface area (Å²) < 4.78 is 5.20. The standard InChI is InChI=1S/C13H24N2O2/c1-10-2-4-11(5-3-10)8-15-12(16)13(14)6-7-17-9-13/h10-11H,2-9,14H2,1H3,(H,15,16). The predicted octanol–water partition coefficient (Wildman–Crippen LogP) is 1.05. The average molecular weight is 240 g/mol. The van der Waals surface area contributed by atoms with Crippen molar-refractivity contribution in [3.8, 4) is 0 Å². The molecule has 0 aromatic heterocycles. The van der Waals surface area contributed by atoms with Crippen LogP contribution in [0.2, 0.25) is 0 Å². The van der Waals surface area contributed by atoms with Gasteiger partial charge in [-0.25, -0.2) is 0 Å². The molecule has 2 aliphatic rings. The molecule has 1 unspecified atom stereocenters. The zero-order chi connectivity index (χ0) is 12.3. The molecule has 0 aromatic rings. The van der Waals surface area contributed by atoms with Crippen molar-refractivity contribution in [2.45, 2.75) is 44.6 Å². The Balaban J connectivity index is 1.72. The van der Waals surface area contributed by atoms with Crippen LogP contribution in [0.25, 0.3) is 0 Å². The summed E-state index contributed by atoms with van der Waals surface area (Å²) in [4.78, 5) is 12.0. The third kappa shape index (κ3) is 3.19. The molecule has 98 valence electrons. The predicted molar refractivity (Wildman–Crippen MR) is 66.5 cm³/mol. The topological polar surface area (TPSA) is 64.4 Å². The van der Waals surface area contributed by atoms with Crippen LogP contribution in [0.15, 0.2) is 0 Å². The molecule has 1 aliphatic carbocycles. The van der Waals surface area contributed by atoms with Crippen molar-refractivity contribution in [2.24, 2.45) is 17.6 Å². The highest BCUT2D eigenvalue weighted by atomic mass is 16.5. The smallest absolute Gasteiger partial charge is 0.242 e. The van der Waals surface area contributed by atoms with Crippen molar-refractivity contribution in [1.29, 1.82) is 0 Å². The highest BCUT2D eigenvalue weighted by molar-refractivity contribution is 5.86. The quantitative estimate of drug-likeness (QED) is 0.775. The van der Waals surface area contributed by atoms with Gasteiger partial charge in [0.25, 0.3) is 0 Å². The number of hydrogen-bond acceptors (Lipinski definition) is 3. The van der Waals surface area contributed by atoms with Crippen molar-refractivity contribution in [3.05, 3.63) is 0 Å². The van der Waals surface area contributed by atoms with Gasteiger partial charge in [0.1, 0.15) is 5.54 Å². The number of nitrogens with one attached hydrogen (secondary N) is 1. The number of hydrogen-bond donors (Lipinski definition) is 2. The van der Waals surface area contributed by atoms with Crippen LogP contribution in [-0.2, 0) is 9.53 Å². The van der Waals surface area contributed by atoms with Gasteiger partial charge in [0.15, 0.2) is 0 Å². The maximum atomic E-state index is 12.0. The molecule has 1 saturated carbocycles. The lowest BCUT2D eigenvalue weighted by Gasteiger charge is -2.28. The third-order valence-electron chi connectivity index (χ3n) is 4.19. The SMILES string of the molecule is CC1CCC(CNC(=O)C2(N)CCOC2)CC1. The van der Waals surface area contributed by atoms with E-state index >= 15 is 0 Å². The normalized spacial score (nSPS) is 38.0. The van der Waals surface area contributed by atoms with E-state index in [1.165, 1.54) is 25.7 Å². The fourth-order valence-electron chi connectivity index (χ4n) is 2.71. The lowest BCUT2D eigenvalue weighted by molar-refractivity contribution is -0.126. The number of nitrogens with two attached hydrogens (primary N) is 1. The van der Waals surface area contributed by atoms with Gasteiger partial charge in [-0.15, -0.1) is 0 Å². The maximum Gasteiger partial charge on any atom is 0.242 e. The maximum absolute atomic E-state index is 12.0. The Hall–Kier alpha value is -0.610. The van der Waals surface area contributed by atoms with E-state index in [-0.39, 0.29) is 5.91 Å². The lowest BCUT2D eigenvalue weighted by atomic mass is 9.83. The van der Waals surface area contributed by atoms with Crippen molar-refractivity contribution in [1.82, 2.24) is 5.32 Å². The Bertz CT molecular complexity index is 267. The van der Waals surface area contributed by atoms with E-state index in [9.17, 15) is 4.79 Å². The van der Waals surface area contributed by atoms with Crippen molar-refractivity contribution in [2.75, 3.05) is 19.8 Å². The molecule has 1 saturated heterocycles. The van der Waals surface area contributed by atoms with E-state index in [4.69, 9.17) is 10.5 Å². The number of rotatable bonds is 3. The minimum absolute atomic E-state index is 0.0337. The molecular formula is C13H24N2O2. The first-order valence-corrected chi connectivity index (χ1v) is 6.75. The summed E-state index contributed by atoms with van der Waals surface area (Å²) in [7, 11) is 0. The molecule has 0 bridgehead atoms. The van der Waals surface area contributed by atoms with E-state index in [0.29, 0.717) is 25.6 Å². The summed E-state index contributed by atoms with van der Waals surface area (Å²) in [5.41, 5.74) is 5.23. The fourth-order valence-corrected chi connectivity index (χ4v) is 2.71. The molecule has 1 atom stereocenters. The molecule has 2 rings (SSSR count). The van der Waals surface area contributed by atoms with Crippen LogP contribution in [0.5, 0.6) is 0 Å². The molecule has 4 nitrogen and oxygen atoms in total. The summed E-state index contributed by atoms with van der Waals surface area (Å²) in [6.07, 6.45) is 5.68. The zero-order valence-corrected chi connectivity index (χ0v) is 10.7. The first-order chi connectivity index (χ1) is 8.10. The van der Waals surface area contributed by atoms with Gasteiger partial charge in [0.2, 0.25) is 5.91 Å². The first-order valence-electron chi connectivity index (χ1n) is 6.75. The molecule has 3 N–H and O–H groups in total. The first kappa shape index (κ1) is 12.8. The highest BCUT2D eigenvalue weighted by Gasteiger charge is 2.38. The Morgan fingerprint density at radius 1 is 1.41 bits per heavy atom. The Morgan fingerprint density at radius 2 is 2.12 bits per heavy atom. The molecule has 1 heterocycles. The van der Waals surface area contributed by atoms with Gasteiger partial charge >= 0.3 is 0 Å². The van der Waals surface area contributed by atoms with Crippen molar-refractivity contribution >= 4 is 5.91 Å². The van der Waals surface area contributed by atoms with Gasteiger partial charge in [-0.05, 0) is 31.1 Å². The van der Waals surface area contributed by atoms with E-state index in [1.807, 2.05) is 0 Å². The molecule has 0 spiro atoms. The van der Waals surface area contributed by atoms with Crippen LogP contribution in [0.4, 0.5) is 0 Å². The van der Waals surface area contributed by atoms with E-state index < -0.39 is 5.54 Å². The second-order valence-electron chi connectivity index (χ2n) is 5.79. The second-order valence-corrected chi connectivity index (χ2v) is 5.79. The van der Waals surface area contributed by atoms with Crippen molar-refractivity contribution in [3.63, 3.8) is 0 Å². The summed E-state index contributed by atoms with van der Waals surface area (Å²) in [6.45, 7) is 4.05. The van der Waals surface area contributed by atoms with Crippen molar-refractivity contribution < 1.29 is 9.53 Å². The molecule has 1 amide bonds. The summed E-state index contributed by atoms with van der Waals surface area (Å²) in [5.74, 6) is 1.46. The third-order valence-corrected chi connectivity index (χ3v) is 4.19. The summed E-state index contributed by atoms with van der Waals surface area (Å²) in [5, 5.41) is 3.01. The zero-order valence-electron chi connectivity index (χ0n) is 10.7. The van der Waals surface area contributed by atoms with Crippen LogP contribution in [0.1, 0.15) is 39.0 Å². The minimum atomic E-state index is -0.776. The molecule has 4 heteroatoms. The Labute approximate surface area is 103 Å².